The number of benzene rings is 2. The molecule has 0 aromatic heterocycles. The second kappa shape index (κ2) is 6.72. The molecule has 2 aromatic carbocycles. The topological polar surface area (TPSA) is 56.8 Å². The summed E-state index contributed by atoms with van der Waals surface area (Å²) in [5.41, 5.74) is 4.63. The normalized spacial score (nSPS) is 14.3. The van der Waals surface area contributed by atoms with E-state index in [2.05, 4.69) is 11.4 Å². The van der Waals surface area contributed by atoms with Crippen LogP contribution in [0.3, 0.4) is 0 Å². The van der Waals surface area contributed by atoms with E-state index in [1.54, 1.807) is 13.2 Å². The molecule has 0 aliphatic carbocycles. The first-order valence-corrected chi connectivity index (χ1v) is 9.02. The van der Waals surface area contributed by atoms with E-state index in [0.29, 0.717) is 29.7 Å². The quantitative estimate of drug-likeness (QED) is 0.887. The molecule has 0 saturated carbocycles. The lowest BCUT2D eigenvalue weighted by Gasteiger charge is -2.15. The molecule has 0 fully saturated rings. The number of rotatable bonds is 4. The number of carbonyl (C=O) groups is 1. The zero-order chi connectivity index (χ0) is 18.3. The second-order valence-electron chi connectivity index (χ2n) is 6.54. The highest BCUT2D eigenvalue weighted by Gasteiger charge is 2.27. The third-order valence-corrected chi connectivity index (χ3v) is 5.26. The van der Waals surface area contributed by atoms with Gasteiger partial charge in [-0.3, -0.25) is 4.79 Å². The zero-order valence-corrected chi connectivity index (χ0v) is 15.5. The first kappa shape index (κ1) is 17.0. The minimum atomic E-state index is -0.122. The van der Waals surface area contributed by atoms with Crippen LogP contribution in [0.25, 0.3) is 0 Å². The van der Waals surface area contributed by atoms with E-state index in [4.69, 9.17) is 25.8 Å². The van der Waals surface area contributed by atoms with Gasteiger partial charge >= 0.3 is 0 Å². The van der Waals surface area contributed by atoms with Crippen LogP contribution in [-0.4, -0.2) is 26.2 Å². The van der Waals surface area contributed by atoms with E-state index < -0.39 is 0 Å². The van der Waals surface area contributed by atoms with Crippen molar-refractivity contribution in [1.29, 1.82) is 0 Å². The summed E-state index contributed by atoms with van der Waals surface area (Å²) in [7, 11) is 1.55. The molecule has 26 heavy (non-hydrogen) atoms. The first-order chi connectivity index (χ1) is 12.6. The fraction of sp³-hybridized carbons (Fsp3) is 0.350. The van der Waals surface area contributed by atoms with E-state index in [1.807, 2.05) is 13.0 Å². The zero-order valence-electron chi connectivity index (χ0n) is 14.8. The summed E-state index contributed by atoms with van der Waals surface area (Å²) in [6.45, 7) is 3.19. The van der Waals surface area contributed by atoms with Crippen molar-refractivity contribution in [3.05, 3.63) is 45.5 Å². The van der Waals surface area contributed by atoms with E-state index in [1.165, 1.54) is 0 Å². The Bertz CT molecular complexity index is 862. The van der Waals surface area contributed by atoms with Gasteiger partial charge in [0.25, 0.3) is 0 Å². The van der Waals surface area contributed by atoms with Crippen LogP contribution in [0, 0.1) is 6.92 Å². The number of hydrogen-bond acceptors (Lipinski definition) is 4. The van der Waals surface area contributed by atoms with E-state index in [9.17, 15) is 4.79 Å². The van der Waals surface area contributed by atoms with Crippen molar-refractivity contribution in [2.75, 3.05) is 25.6 Å². The Kier molecular flexibility index (Phi) is 4.41. The summed E-state index contributed by atoms with van der Waals surface area (Å²) in [5.74, 6) is 2.15. The number of halogens is 1. The van der Waals surface area contributed by atoms with Crippen molar-refractivity contribution < 1.29 is 19.0 Å². The molecule has 0 saturated heterocycles. The molecule has 2 heterocycles. The molecule has 4 rings (SSSR count). The molecule has 0 bridgehead atoms. The average Bonchev–Trinajstić information content (AvgIpc) is 3.26. The van der Waals surface area contributed by atoms with Gasteiger partial charge in [0.15, 0.2) is 0 Å². The van der Waals surface area contributed by atoms with Crippen LogP contribution < -0.4 is 19.5 Å². The van der Waals surface area contributed by atoms with Crippen molar-refractivity contribution >= 4 is 23.2 Å². The molecular weight excluding hydrogens is 354 g/mol. The number of amides is 1. The lowest BCUT2D eigenvalue weighted by Crippen LogP contribution is -2.16. The predicted octanol–water partition coefficient (Wildman–Crippen LogP) is 3.71. The van der Waals surface area contributed by atoms with Crippen LogP contribution in [0.5, 0.6) is 17.2 Å². The minimum Gasteiger partial charge on any atom is -0.495 e. The highest BCUT2D eigenvalue weighted by Crippen LogP contribution is 2.41. The van der Waals surface area contributed by atoms with Gasteiger partial charge in [0, 0.05) is 40.6 Å². The number of anilines is 1. The molecule has 6 heteroatoms. The Balaban J connectivity index is 1.62. The van der Waals surface area contributed by atoms with Crippen molar-refractivity contribution in [3.63, 3.8) is 0 Å². The molecule has 0 radical (unpaired) electrons. The van der Waals surface area contributed by atoms with Crippen LogP contribution >= 0.6 is 11.6 Å². The van der Waals surface area contributed by atoms with Gasteiger partial charge in [0.1, 0.15) is 17.2 Å². The fourth-order valence-corrected chi connectivity index (χ4v) is 3.71. The van der Waals surface area contributed by atoms with Gasteiger partial charge in [-0.15, -0.1) is 0 Å². The number of fused-ring (bicyclic) bond motifs is 2. The monoisotopic (exact) mass is 373 g/mol. The number of aryl methyl sites for hydroxylation is 1. The molecule has 0 spiro atoms. The average molecular weight is 374 g/mol. The maximum Gasteiger partial charge on any atom is 0.229 e. The highest BCUT2D eigenvalue weighted by molar-refractivity contribution is 6.31. The number of carbonyl (C=O) groups excluding carboxylic acids is 1. The molecule has 2 aliphatic rings. The second-order valence-corrected chi connectivity index (χ2v) is 6.95. The van der Waals surface area contributed by atoms with Gasteiger partial charge in [0.05, 0.1) is 32.4 Å². The van der Waals surface area contributed by atoms with E-state index >= 15 is 0 Å². The number of ether oxygens (including phenoxy) is 3. The van der Waals surface area contributed by atoms with Gasteiger partial charge in [-0.25, -0.2) is 0 Å². The Labute approximate surface area is 157 Å². The van der Waals surface area contributed by atoms with Crippen LogP contribution in [0.4, 0.5) is 5.69 Å². The molecule has 1 amide bonds. The van der Waals surface area contributed by atoms with Gasteiger partial charge in [-0.2, -0.15) is 0 Å². The summed E-state index contributed by atoms with van der Waals surface area (Å²) in [6.07, 6.45) is 1.89. The van der Waals surface area contributed by atoms with Crippen LogP contribution in [-0.2, 0) is 24.1 Å². The fourth-order valence-electron chi connectivity index (χ4n) is 3.56. The van der Waals surface area contributed by atoms with Crippen molar-refractivity contribution in [3.8, 4) is 17.2 Å². The molecule has 1 N–H and O–H groups in total. The maximum absolute atomic E-state index is 12.7. The standard InChI is InChI=1S/C20H20ClNO4/c1-11-7-16(18(24-2)10-15(11)21)22-19(23)9-14-13-4-6-25-17(13)8-12-3-5-26-20(12)14/h7-8,10H,3-6,9H2,1-2H3,(H,22,23). The third-order valence-electron chi connectivity index (χ3n) is 4.85. The largest absolute Gasteiger partial charge is 0.495 e. The SMILES string of the molecule is COc1cc(Cl)c(C)cc1NC(=O)Cc1c2c(cc3c1OCC3)OCC2. The molecule has 5 nitrogen and oxygen atoms in total. The maximum atomic E-state index is 12.7. The molecule has 0 atom stereocenters. The summed E-state index contributed by atoms with van der Waals surface area (Å²) in [5, 5.41) is 3.54. The molecular formula is C20H20ClNO4. The van der Waals surface area contributed by atoms with Crippen molar-refractivity contribution in [2.24, 2.45) is 0 Å². The Morgan fingerprint density at radius 1 is 1.23 bits per heavy atom. The number of methoxy groups -OCH3 is 1. The smallest absolute Gasteiger partial charge is 0.229 e. The lowest BCUT2D eigenvalue weighted by atomic mass is 9.97. The number of nitrogens with one attached hydrogen (secondary N) is 1. The summed E-state index contributed by atoms with van der Waals surface area (Å²) < 4.78 is 16.9. The van der Waals surface area contributed by atoms with Gasteiger partial charge in [-0.05, 0) is 24.6 Å². The third kappa shape index (κ3) is 2.97. The molecule has 0 unspecified atom stereocenters. The summed E-state index contributed by atoms with van der Waals surface area (Å²) >= 11 is 6.14. The summed E-state index contributed by atoms with van der Waals surface area (Å²) in [6, 6.07) is 5.58. The predicted molar refractivity (Wildman–Crippen MR) is 99.9 cm³/mol. The first-order valence-electron chi connectivity index (χ1n) is 8.64. The van der Waals surface area contributed by atoms with Gasteiger partial charge in [0.2, 0.25) is 5.91 Å². The van der Waals surface area contributed by atoms with Gasteiger partial charge < -0.3 is 19.5 Å². The van der Waals surface area contributed by atoms with Crippen molar-refractivity contribution in [1.82, 2.24) is 0 Å². The molecule has 2 aliphatic heterocycles. The molecule has 136 valence electrons. The lowest BCUT2D eigenvalue weighted by molar-refractivity contribution is -0.115. The summed E-state index contributed by atoms with van der Waals surface area (Å²) in [4.78, 5) is 12.7. The van der Waals surface area contributed by atoms with Crippen molar-refractivity contribution in [2.45, 2.75) is 26.2 Å². The Morgan fingerprint density at radius 3 is 2.85 bits per heavy atom. The molecule has 2 aromatic rings. The Morgan fingerprint density at radius 2 is 2.04 bits per heavy atom. The van der Waals surface area contributed by atoms with Crippen LogP contribution in [0.1, 0.15) is 22.3 Å². The highest BCUT2D eigenvalue weighted by atomic mass is 35.5. The van der Waals surface area contributed by atoms with E-state index in [0.717, 1.165) is 46.6 Å². The number of hydrogen-bond donors (Lipinski definition) is 1. The Hall–Kier alpha value is -2.40. The van der Waals surface area contributed by atoms with Crippen LogP contribution in [0.2, 0.25) is 5.02 Å². The van der Waals surface area contributed by atoms with Gasteiger partial charge in [-0.1, -0.05) is 11.6 Å². The van der Waals surface area contributed by atoms with E-state index in [-0.39, 0.29) is 12.3 Å². The van der Waals surface area contributed by atoms with Crippen LogP contribution in [0.15, 0.2) is 18.2 Å². The minimum absolute atomic E-state index is 0.122.